The Morgan fingerprint density at radius 2 is 1.89 bits per heavy atom. The van der Waals surface area contributed by atoms with E-state index in [0.29, 0.717) is 12.2 Å². The maximum Gasteiger partial charge on any atom is 0.422 e. The lowest BCUT2D eigenvalue weighted by molar-refractivity contribution is -0.153. The van der Waals surface area contributed by atoms with Gasteiger partial charge in [-0.05, 0) is 23.8 Å². The highest BCUT2D eigenvalue weighted by Gasteiger charge is 2.28. The quantitative estimate of drug-likeness (QED) is 0.705. The van der Waals surface area contributed by atoms with Crippen molar-refractivity contribution in [2.75, 3.05) is 11.9 Å². The van der Waals surface area contributed by atoms with E-state index in [1.165, 1.54) is 30.5 Å². The Kier molecular flexibility index (Phi) is 5.44. The highest BCUT2D eigenvalue weighted by molar-refractivity contribution is 6.04. The molecule has 0 unspecified atom stereocenters. The molecule has 0 aliphatic carbocycles. The lowest BCUT2D eigenvalue weighted by atomic mass is 10.2. The molecule has 3 aromatic rings. The lowest BCUT2D eigenvalue weighted by Gasteiger charge is -2.10. The second-order valence-corrected chi connectivity index (χ2v) is 5.80. The van der Waals surface area contributed by atoms with Crippen molar-refractivity contribution < 1.29 is 22.7 Å². The van der Waals surface area contributed by atoms with E-state index in [9.17, 15) is 18.0 Å². The van der Waals surface area contributed by atoms with Gasteiger partial charge in [0.15, 0.2) is 6.61 Å². The summed E-state index contributed by atoms with van der Waals surface area (Å²) in [5.41, 5.74) is 1.73. The molecule has 0 saturated heterocycles. The molecule has 140 valence electrons. The van der Waals surface area contributed by atoms with Gasteiger partial charge in [0.05, 0.1) is 18.4 Å². The molecular formula is C19H16F3N3O2. The third-order valence-electron chi connectivity index (χ3n) is 3.58. The molecule has 5 nitrogen and oxygen atoms in total. The third-order valence-corrected chi connectivity index (χ3v) is 3.58. The van der Waals surface area contributed by atoms with Crippen LogP contribution in [0.1, 0.15) is 15.9 Å². The zero-order valence-electron chi connectivity index (χ0n) is 14.1. The molecule has 0 spiro atoms. The van der Waals surface area contributed by atoms with Gasteiger partial charge in [-0.15, -0.1) is 0 Å². The third kappa shape index (κ3) is 5.60. The van der Waals surface area contributed by atoms with E-state index >= 15 is 0 Å². The monoisotopic (exact) mass is 375 g/mol. The van der Waals surface area contributed by atoms with Gasteiger partial charge in [0.1, 0.15) is 5.75 Å². The van der Waals surface area contributed by atoms with Gasteiger partial charge in [-0.3, -0.25) is 9.48 Å². The van der Waals surface area contributed by atoms with Crippen LogP contribution in [0.4, 0.5) is 18.9 Å². The van der Waals surface area contributed by atoms with Crippen molar-refractivity contribution in [3.63, 3.8) is 0 Å². The number of hydrogen-bond acceptors (Lipinski definition) is 3. The molecule has 2 aromatic carbocycles. The first-order valence-corrected chi connectivity index (χ1v) is 8.06. The molecule has 27 heavy (non-hydrogen) atoms. The first-order valence-electron chi connectivity index (χ1n) is 8.06. The molecule has 0 atom stereocenters. The number of ether oxygens (including phenoxy) is 1. The Labute approximate surface area is 153 Å². The number of benzene rings is 2. The summed E-state index contributed by atoms with van der Waals surface area (Å²) in [6, 6.07) is 15.3. The Balaban J connectivity index is 1.62. The van der Waals surface area contributed by atoms with Crippen molar-refractivity contribution in [2.45, 2.75) is 12.7 Å². The summed E-state index contributed by atoms with van der Waals surface area (Å²) in [4.78, 5) is 12.3. The van der Waals surface area contributed by atoms with Crippen molar-refractivity contribution in [2.24, 2.45) is 0 Å². The van der Waals surface area contributed by atoms with Gasteiger partial charge in [0.25, 0.3) is 5.91 Å². The van der Waals surface area contributed by atoms with Crippen molar-refractivity contribution in [1.82, 2.24) is 9.78 Å². The van der Waals surface area contributed by atoms with Crippen molar-refractivity contribution in [3.05, 3.63) is 78.1 Å². The molecule has 0 radical (unpaired) electrons. The highest BCUT2D eigenvalue weighted by atomic mass is 19.4. The van der Waals surface area contributed by atoms with E-state index in [0.717, 1.165) is 5.56 Å². The van der Waals surface area contributed by atoms with E-state index in [1.807, 2.05) is 30.3 Å². The van der Waals surface area contributed by atoms with Gasteiger partial charge < -0.3 is 10.1 Å². The molecule has 8 heteroatoms. The van der Waals surface area contributed by atoms with Crippen LogP contribution in [-0.2, 0) is 6.54 Å². The Hall–Kier alpha value is -3.29. The highest BCUT2D eigenvalue weighted by Crippen LogP contribution is 2.20. The molecular weight excluding hydrogens is 359 g/mol. The summed E-state index contributed by atoms with van der Waals surface area (Å²) in [5.74, 6) is -0.494. The van der Waals surface area contributed by atoms with Gasteiger partial charge >= 0.3 is 6.18 Å². The van der Waals surface area contributed by atoms with Crippen LogP contribution in [0, 0.1) is 0 Å². The van der Waals surface area contributed by atoms with Crippen LogP contribution in [-0.4, -0.2) is 28.5 Å². The van der Waals surface area contributed by atoms with E-state index in [2.05, 4.69) is 15.2 Å². The molecule has 0 aliphatic rings. The molecule has 1 N–H and O–H groups in total. The normalized spacial score (nSPS) is 11.2. The number of rotatable bonds is 6. The zero-order valence-corrected chi connectivity index (χ0v) is 14.1. The van der Waals surface area contributed by atoms with Crippen molar-refractivity contribution in [3.8, 4) is 5.75 Å². The fourth-order valence-electron chi connectivity index (χ4n) is 2.38. The number of alkyl halides is 3. The predicted octanol–water partition coefficient (Wildman–Crippen LogP) is 4.12. The Morgan fingerprint density at radius 1 is 1.11 bits per heavy atom. The molecule has 0 aliphatic heterocycles. The topological polar surface area (TPSA) is 56.2 Å². The van der Waals surface area contributed by atoms with Gasteiger partial charge in [-0.1, -0.05) is 36.4 Å². The number of amides is 1. The minimum absolute atomic E-state index is 0.0280. The van der Waals surface area contributed by atoms with Crippen LogP contribution < -0.4 is 10.1 Å². The van der Waals surface area contributed by atoms with Gasteiger partial charge in [-0.2, -0.15) is 18.3 Å². The number of aromatic nitrogens is 2. The lowest BCUT2D eigenvalue weighted by Crippen LogP contribution is -2.19. The van der Waals surface area contributed by atoms with E-state index < -0.39 is 18.7 Å². The minimum atomic E-state index is -4.44. The number of halogens is 3. The molecule has 0 fully saturated rings. The van der Waals surface area contributed by atoms with Gasteiger partial charge in [-0.25, -0.2) is 0 Å². The second kappa shape index (κ2) is 7.94. The van der Waals surface area contributed by atoms with E-state index in [-0.39, 0.29) is 11.3 Å². The van der Waals surface area contributed by atoms with E-state index in [1.54, 1.807) is 10.9 Å². The number of hydrogen-bond donors (Lipinski definition) is 1. The first-order chi connectivity index (χ1) is 12.9. The summed E-state index contributed by atoms with van der Waals surface area (Å²) >= 11 is 0. The summed E-state index contributed by atoms with van der Waals surface area (Å²) in [5, 5.41) is 6.85. The van der Waals surface area contributed by atoms with Crippen LogP contribution in [0.2, 0.25) is 0 Å². The fraction of sp³-hybridized carbons (Fsp3) is 0.158. The first kappa shape index (κ1) is 18.5. The largest absolute Gasteiger partial charge is 0.484 e. The maximum atomic E-state index is 12.3. The SMILES string of the molecule is O=C(Nc1cnn(Cc2ccccc2)c1)c1cccc(OCC(F)(F)F)c1. The number of anilines is 1. The molecule has 3 rings (SSSR count). The minimum Gasteiger partial charge on any atom is -0.484 e. The van der Waals surface area contributed by atoms with Gasteiger partial charge in [0.2, 0.25) is 0 Å². The molecule has 1 amide bonds. The standard InChI is InChI=1S/C19H16F3N3O2/c20-19(21,22)13-27-17-8-4-7-15(9-17)18(26)24-16-10-23-25(12-16)11-14-5-2-1-3-6-14/h1-10,12H,11,13H2,(H,24,26). The molecule has 0 saturated carbocycles. The van der Waals surface area contributed by atoms with Crippen molar-refractivity contribution >= 4 is 11.6 Å². The Morgan fingerprint density at radius 3 is 2.63 bits per heavy atom. The Bertz CT molecular complexity index is 908. The number of nitrogens with one attached hydrogen (secondary N) is 1. The van der Waals surface area contributed by atoms with Crippen LogP contribution >= 0.6 is 0 Å². The van der Waals surface area contributed by atoms with Crippen LogP contribution in [0.25, 0.3) is 0 Å². The van der Waals surface area contributed by atoms with Crippen molar-refractivity contribution in [1.29, 1.82) is 0 Å². The van der Waals surface area contributed by atoms with Crippen LogP contribution in [0.15, 0.2) is 67.0 Å². The fourth-order valence-corrected chi connectivity index (χ4v) is 2.38. The van der Waals surface area contributed by atoms with Gasteiger partial charge in [0, 0.05) is 11.8 Å². The summed E-state index contributed by atoms with van der Waals surface area (Å²) in [6.45, 7) is -0.859. The van der Waals surface area contributed by atoms with Crippen LogP contribution in [0.3, 0.4) is 0 Å². The average molecular weight is 375 g/mol. The maximum absolute atomic E-state index is 12.3. The van der Waals surface area contributed by atoms with E-state index in [4.69, 9.17) is 0 Å². The summed E-state index contributed by atoms with van der Waals surface area (Å²) in [6.07, 6.45) is -1.26. The number of carbonyl (C=O) groups excluding carboxylic acids is 1. The number of nitrogens with zero attached hydrogens (tertiary/aromatic N) is 2. The van der Waals surface area contributed by atoms with Crippen LogP contribution in [0.5, 0.6) is 5.75 Å². The summed E-state index contributed by atoms with van der Waals surface area (Å²) < 4.78 is 43.0. The average Bonchev–Trinajstić information content (AvgIpc) is 3.07. The molecule has 1 aromatic heterocycles. The molecule has 0 bridgehead atoms. The number of carbonyl (C=O) groups is 1. The predicted molar refractivity (Wildman–Crippen MR) is 93.7 cm³/mol. The summed E-state index contributed by atoms with van der Waals surface area (Å²) in [7, 11) is 0. The molecule has 1 heterocycles. The zero-order chi connectivity index (χ0) is 19.3. The smallest absolute Gasteiger partial charge is 0.422 e. The second-order valence-electron chi connectivity index (χ2n) is 5.80.